The fraction of sp³-hybridized carbons (Fsp3) is 0.316. The molecule has 3 heterocycles. The van der Waals surface area contributed by atoms with Crippen molar-refractivity contribution in [3.63, 3.8) is 0 Å². The fourth-order valence-corrected chi connectivity index (χ4v) is 3.41. The molecule has 1 saturated heterocycles. The van der Waals surface area contributed by atoms with Crippen molar-refractivity contribution < 1.29 is 4.52 Å². The molecule has 0 aliphatic carbocycles. The van der Waals surface area contributed by atoms with E-state index in [4.69, 9.17) is 27.7 Å². The Morgan fingerprint density at radius 3 is 2.59 bits per heavy atom. The van der Waals surface area contributed by atoms with E-state index < -0.39 is 0 Å². The molecule has 3 aromatic rings. The van der Waals surface area contributed by atoms with Crippen LogP contribution < -0.4 is 4.90 Å². The molecule has 0 amide bonds. The SMILES string of the molecule is Clc1ccc(N2CCN(CCc3nc(-c4cccc(Cl)c4)no3)CC2)nc1. The van der Waals surface area contributed by atoms with Crippen LogP contribution in [0, 0.1) is 0 Å². The largest absolute Gasteiger partial charge is 0.354 e. The van der Waals surface area contributed by atoms with Gasteiger partial charge in [-0.05, 0) is 24.3 Å². The molecule has 1 fully saturated rings. The first-order valence-electron chi connectivity index (χ1n) is 8.85. The minimum absolute atomic E-state index is 0.575. The van der Waals surface area contributed by atoms with Crippen LogP contribution in [0.2, 0.25) is 10.0 Å². The van der Waals surface area contributed by atoms with Gasteiger partial charge in [0.25, 0.3) is 0 Å². The number of aromatic nitrogens is 3. The number of hydrogen-bond donors (Lipinski definition) is 0. The van der Waals surface area contributed by atoms with E-state index in [0.717, 1.165) is 50.5 Å². The smallest absolute Gasteiger partial charge is 0.228 e. The van der Waals surface area contributed by atoms with E-state index >= 15 is 0 Å². The highest BCUT2D eigenvalue weighted by molar-refractivity contribution is 6.31. The first kappa shape index (κ1) is 18.2. The Morgan fingerprint density at radius 1 is 1.00 bits per heavy atom. The number of benzene rings is 1. The summed E-state index contributed by atoms with van der Waals surface area (Å²) in [4.78, 5) is 13.5. The van der Waals surface area contributed by atoms with Gasteiger partial charge in [0.15, 0.2) is 0 Å². The molecule has 2 aromatic heterocycles. The van der Waals surface area contributed by atoms with Crippen LogP contribution in [0.25, 0.3) is 11.4 Å². The lowest BCUT2D eigenvalue weighted by atomic mass is 10.2. The lowest BCUT2D eigenvalue weighted by Crippen LogP contribution is -2.47. The summed E-state index contributed by atoms with van der Waals surface area (Å²) in [6.07, 6.45) is 2.42. The van der Waals surface area contributed by atoms with Gasteiger partial charge in [-0.15, -0.1) is 0 Å². The van der Waals surface area contributed by atoms with Gasteiger partial charge in [0.2, 0.25) is 11.7 Å². The van der Waals surface area contributed by atoms with Crippen LogP contribution in [0.5, 0.6) is 0 Å². The van der Waals surface area contributed by atoms with E-state index in [1.54, 1.807) is 6.20 Å². The van der Waals surface area contributed by atoms with Crippen molar-refractivity contribution in [1.82, 2.24) is 20.0 Å². The maximum Gasteiger partial charge on any atom is 0.228 e. The molecule has 0 N–H and O–H groups in total. The van der Waals surface area contributed by atoms with Crippen molar-refractivity contribution in [3.8, 4) is 11.4 Å². The summed E-state index contributed by atoms with van der Waals surface area (Å²) in [5.41, 5.74) is 0.863. The second-order valence-electron chi connectivity index (χ2n) is 6.44. The third-order valence-electron chi connectivity index (χ3n) is 4.60. The van der Waals surface area contributed by atoms with E-state index in [0.29, 0.717) is 21.8 Å². The van der Waals surface area contributed by atoms with E-state index in [9.17, 15) is 0 Å². The Labute approximate surface area is 167 Å². The molecule has 8 heteroatoms. The summed E-state index contributed by atoms with van der Waals surface area (Å²) in [7, 11) is 0. The highest BCUT2D eigenvalue weighted by Gasteiger charge is 2.19. The minimum atomic E-state index is 0.575. The molecule has 0 spiro atoms. The summed E-state index contributed by atoms with van der Waals surface area (Å²) in [5, 5.41) is 5.38. The van der Waals surface area contributed by atoms with Crippen LogP contribution in [-0.2, 0) is 6.42 Å². The molecule has 6 nitrogen and oxygen atoms in total. The van der Waals surface area contributed by atoms with Gasteiger partial charge in [0.1, 0.15) is 5.82 Å². The number of rotatable bonds is 5. The molecule has 0 atom stereocenters. The zero-order valence-corrected chi connectivity index (χ0v) is 16.2. The predicted octanol–water partition coefficient (Wildman–Crippen LogP) is 3.80. The summed E-state index contributed by atoms with van der Waals surface area (Å²) >= 11 is 11.9. The summed E-state index contributed by atoms with van der Waals surface area (Å²) in [5.74, 6) is 2.19. The van der Waals surface area contributed by atoms with Crippen molar-refractivity contribution in [2.24, 2.45) is 0 Å². The number of hydrogen-bond acceptors (Lipinski definition) is 6. The second kappa shape index (κ2) is 8.25. The van der Waals surface area contributed by atoms with E-state index in [2.05, 4.69) is 24.9 Å². The van der Waals surface area contributed by atoms with Crippen LogP contribution in [0.15, 0.2) is 47.1 Å². The van der Waals surface area contributed by atoms with Crippen LogP contribution in [-0.4, -0.2) is 52.7 Å². The van der Waals surface area contributed by atoms with Crippen LogP contribution in [0.3, 0.4) is 0 Å². The maximum absolute atomic E-state index is 6.02. The Balaban J connectivity index is 1.28. The Kier molecular flexibility index (Phi) is 5.57. The first-order valence-corrected chi connectivity index (χ1v) is 9.60. The van der Waals surface area contributed by atoms with Crippen molar-refractivity contribution in [1.29, 1.82) is 0 Å². The highest BCUT2D eigenvalue weighted by atomic mass is 35.5. The lowest BCUT2D eigenvalue weighted by molar-refractivity contribution is 0.248. The number of nitrogens with zero attached hydrogens (tertiary/aromatic N) is 5. The summed E-state index contributed by atoms with van der Waals surface area (Å²) in [6, 6.07) is 11.3. The number of piperazine rings is 1. The van der Waals surface area contributed by atoms with Gasteiger partial charge in [-0.25, -0.2) is 4.98 Å². The van der Waals surface area contributed by atoms with Crippen LogP contribution in [0.1, 0.15) is 5.89 Å². The van der Waals surface area contributed by atoms with Gasteiger partial charge >= 0.3 is 0 Å². The topological polar surface area (TPSA) is 58.3 Å². The predicted molar refractivity (Wildman–Crippen MR) is 106 cm³/mol. The third-order valence-corrected chi connectivity index (χ3v) is 5.06. The van der Waals surface area contributed by atoms with Gasteiger partial charge in [-0.1, -0.05) is 40.5 Å². The number of halogens is 2. The average molecular weight is 404 g/mol. The van der Waals surface area contributed by atoms with E-state index in [1.165, 1.54) is 0 Å². The molecule has 0 unspecified atom stereocenters. The molecular weight excluding hydrogens is 385 g/mol. The monoisotopic (exact) mass is 403 g/mol. The fourth-order valence-electron chi connectivity index (χ4n) is 3.11. The van der Waals surface area contributed by atoms with E-state index in [-0.39, 0.29) is 0 Å². The summed E-state index contributed by atoms with van der Waals surface area (Å²) in [6.45, 7) is 4.71. The molecule has 140 valence electrons. The molecule has 0 bridgehead atoms. The minimum Gasteiger partial charge on any atom is -0.354 e. The maximum atomic E-state index is 6.02. The van der Waals surface area contributed by atoms with Crippen LogP contribution in [0.4, 0.5) is 5.82 Å². The Morgan fingerprint density at radius 2 is 1.85 bits per heavy atom. The molecule has 27 heavy (non-hydrogen) atoms. The van der Waals surface area contributed by atoms with Gasteiger partial charge in [0, 0.05) is 55.9 Å². The highest BCUT2D eigenvalue weighted by Crippen LogP contribution is 2.20. The van der Waals surface area contributed by atoms with E-state index in [1.807, 2.05) is 36.4 Å². The van der Waals surface area contributed by atoms with Crippen molar-refractivity contribution in [2.75, 3.05) is 37.6 Å². The molecule has 0 saturated carbocycles. The lowest BCUT2D eigenvalue weighted by Gasteiger charge is -2.35. The average Bonchev–Trinajstić information content (AvgIpc) is 3.17. The molecule has 1 aromatic carbocycles. The third kappa shape index (κ3) is 4.58. The quantitative estimate of drug-likeness (QED) is 0.645. The zero-order valence-electron chi connectivity index (χ0n) is 14.7. The molecule has 1 aliphatic rings. The molecule has 1 aliphatic heterocycles. The van der Waals surface area contributed by atoms with Crippen molar-refractivity contribution >= 4 is 29.0 Å². The van der Waals surface area contributed by atoms with Gasteiger partial charge in [0.05, 0.1) is 5.02 Å². The van der Waals surface area contributed by atoms with Gasteiger partial charge in [-0.2, -0.15) is 4.98 Å². The normalized spacial score (nSPS) is 15.3. The van der Waals surface area contributed by atoms with Gasteiger partial charge < -0.3 is 9.42 Å². The van der Waals surface area contributed by atoms with Crippen molar-refractivity contribution in [2.45, 2.75) is 6.42 Å². The second-order valence-corrected chi connectivity index (χ2v) is 7.31. The zero-order chi connectivity index (χ0) is 18.6. The Hall–Kier alpha value is -2.15. The van der Waals surface area contributed by atoms with Crippen molar-refractivity contribution in [3.05, 3.63) is 58.5 Å². The first-order chi connectivity index (χ1) is 13.2. The number of pyridine rings is 1. The number of anilines is 1. The Bertz CT molecular complexity index is 891. The molecule has 4 rings (SSSR count). The summed E-state index contributed by atoms with van der Waals surface area (Å²) < 4.78 is 5.39. The standard InChI is InChI=1S/C19H19Cl2N5O/c20-15-3-1-2-14(12-15)19-23-18(27-24-19)6-7-25-8-10-26(11-9-25)17-5-4-16(21)13-22-17/h1-5,12-13H,6-11H2. The van der Waals surface area contributed by atoms with Crippen LogP contribution >= 0.6 is 23.2 Å². The molecule has 0 radical (unpaired) electrons. The van der Waals surface area contributed by atoms with Gasteiger partial charge in [-0.3, -0.25) is 4.90 Å². The molecular formula is C19H19Cl2N5O.